The molecule has 18 nitrogen and oxygen atoms in total. The minimum Gasteiger partial charge on any atom is -0.456 e. The molecule has 0 aromatic carbocycles. The fraction of sp³-hybridized carbons (Fsp3) is 0.938. The van der Waals surface area contributed by atoms with Crippen LogP contribution in [-0.2, 0) is 38.0 Å². The van der Waals surface area contributed by atoms with Crippen LogP contribution in [0, 0.1) is 45.3 Å². The number of allylic oxidation sites excluding steroid dienone is 1. The number of carbonyl (C=O) groups is 1. The van der Waals surface area contributed by atoms with Crippen LogP contribution in [0.3, 0.4) is 0 Å². The smallest absolute Gasteiger partial charge is 0.339 e. The minimum absolute atomic E-state index is 0.0845. The Morgan fingerprint density at radius 3 is 1.88 bits per heavy atom. The van der Waals surface area contributed by atoms with Crippen LogP contribution >= 0.6 is 0 Å². The molecule has 8 fully saturated rings. The maximum Gasteiger partial charge on any atom is 0.339 e. The molecular weight excluding hydrogens is 865 g/mol. The van der Waals surface area contributed by atoms with E-state index in [1.54, 1.807) is 0 Å². The van der Waals surface area contributed by atoms with E-state index in [0.29, 0.717) is 12.3 Å². The lowest BCUT2D eigenvalue weighted by Crippen LogP contribution is -2.68. The first-order valence-corrected chi connectivity index (χ1v) is 24.4. The minimum atomic E-state index is -1.87. The molecule has 0 radical (unpaired) electrons. The highest BCUT2D eigenvalue weighted by atomic mass is 16.8. The van der Waals surface area contributed by atoms with E-state index in [1.165, 1.54) is 6.92 Å². The van der Waals surface area contributed by atoms with Gasteiger partial charge in [-0.2, -0.15) is 0 Å². The van der Waals surface area contributed by atoms with Crippen molar-refractivity contribution in [2.45, 2.75) is 223 Å². The lowest BCUT2D eigenvalue weighted by molar-refractivity contribution is -0.398. The topological polar surface area (TPSA) is 284 Å². The summed E-state index contributed by atoms with van der Waals surface area (Å²) >= 11 is 0. The van der Waals surface area contributed by atoms with Crippen molar-refractivity contribution >= 4 is 5.97 Å². The Labute approximate surface area is 387 Å². The molecule has 4 saturated carbocycles. The van der Waals surface area contributed by atoms with Gasteiger partial charge in [-0.1, -0.05) is 40.2 Å². The first-order chi connectivity index (χ1) is 30.9. The number of hydrogen-bond donors (Lipinski definition) is 10. The molecule has 4 heterocycles. The summed E-state index contributed by atoms with van der Waals surface area (Å²) in [5.74, 6) is -0.0545. The lowest BCUT2D eigenvalue weighted by atomic mass is 9.35. The van der Waals surface area contributed by atoms with Gasteiger partial charge in [-0.25, -0.2) is 4.79 Å². The molecule has 4 saturated heterocycles. The lowest BCUT2D eigenvalue weighted by Gasteiger charge is -2.70. The van der Waals surface area contributed by atoms with Gasteiger partial charge in [0.15, 0.2) is 24.5 Å². The number of aliphatic hydroxyl groups excluding tert-OH is 9. The molecule has 8 aliphatic rings. The van der Waals surface area contributed by atoms with Crippen molar-refractivity contribution in [1.29, 1.82) is 0 Å². The van der Waals surface area contributed by atoms with Crippen LogP contribution in [0.5, 0.6) is 0 Å². The van der Waals surface area contributed by atoms with Crippen LogP contribution in [0.2, 0.25) is 0 Å². The third-order valence-electron chi connectivity index (χ3n) is 18.9. The van der Waals surface area contributed by atoms with E-state index in [-0.39, 0.29) is 40.4 Å². The summed E-state index contributed by atoms with van der Waals surface area (Å²) in [5, 5.41) is 109. The molecule has 0 aromatic rings. The van der Waals surface area contributed by atoms with Crippen LogP contribution in [0.15, 0.2) is 11.6 Å². The standard InChI is InChI=1S/C48H78O18/c1-21(2)17-23-18-48(59,43(58)61-23)25-11-15-46(7)24(25)9-10-29-45(6)14-13-30(44(4,5)28(45)12-16-47(29,46)8)64-42-39(66-40-36(56)34(54)31(51)22(3)60-40)38(33(53)27(20-50)63-42)65-41-37(57)35(55)32(52)26(19-49)62-41/h17,22-42,49-57,59H,9-16,18-20H2,1-8H3. The summed E-state index contributed by atoms with van der Waals surface area (Å²) in [6.45, 7) is 15.6. The number of ether oxygens (including phenoxy) is 7. The molecule has 18 heteroatoms. The zero-order valence-electron chi connectivity index (χ0n) is 39.7. The average Bonchev–Trinajstić information content (AvgIpc) is 3.76. The van der Waals surface area contributed by atoms with Crippen LogP contribution < -0.4 is 0 Å². The largest absolute Gasteiger partial charge is 0.456 e. The summed E-state index contributed by atoms with van der Waals surface area (Å²) in [4.78, 5) is 13.5. The second-order valence-electron chi connectivity index (χ2n) is 22.9. The van der Waals surface area contributed by atoms with Gasteiger partial charge in [-0.3, -0.25) is 0 Å². The predicted octanol–water partition coefficient (Wildman–Crippen LogP) is 0.545. The third kappa shape index (κ3) is 8.06. The molecule has 10 N–H and O–H groups in total. The summed E-state index contributed by atoms with van der Waals surface area (Å²) in [6, 6.07) is 0. The zero-order chi connectivity index (χ0) is 48.2. The number of hydrogen-bond acceptors (Lipinski definition) is 18. The number of carbonyl (C=O) groups excluding carboxylic acids is 1. The van der Waals surface area contributed by atoms with Gasteiger partial charge < -0.3 is 84.2 Å². The van der Waals surface area contributed by atoms with Gasteiger partial charge in [0.1, 0.15) is 73.2 Å². The normalized spacial score (nSPS) is 54.8. The van der Waals surface area contributed by atoms with E-state index in [9.17, 15) is 55.9 Å². The quantitative estimate of drug-likeness (QED) is 0.0813. The third-order valence-corrected chi connectivity index (χ3v) is 18.9. The number of cyclic esters (lactones) is 1. The summed E-state index contributed by atoms with van der Waals surface area (Å²) in [5.41, 5.74) is -1.32. The monoisotopic (exact) mass is 943 g/mol. The summed E-state index contributed by atoms with van der Waals surface area (Å²) in [7, 11) is 0. The highest BCUT2D eigenvalue weighted by molar-refractivity contribution is 5.82. The van der Waals surface area contributed by atoms with Crippen molar-refractivity contribution in [2.75, 3.05) is 13.2 Å². The van der Waals surface area contributed by atoms with E-state index in [2.05, 4.69) is 34.6 Å². The van der Waals surface area contributed by atoms with E-state index in [4.69, 9.17) is 33.2 Å². The fourth-order valence-corrected chi connectivity index (χ4v) is 15.2. The second kappa shape index (κ2) is 18.3. The van der Waals surface area contributed by atoms with Crippen molar-refractivity contribution in [2.24, 2.45) is 45.3 Å². The fourth-order valence-electron chi connectivity index (χ4n) is 15.2. The Balaban J connectivity index is 1.05. The van der Waals surface area contributed by atoms with Gasteiger partial charge in [-0.05, 0) is 118 Å². The molecule has 25 atom stereocenters. The number of fused-ring (bicyclic) bond motifs is 5. The first-order valence-electron chi connectivity index (χ1n) is 24.4. The van der Waals surface area contributed by atoms with Crippen LogP contribution in [0.4, 0.5) is 0 Å². The van der Waals surface area contributed by atoms with Crippen molar-refractivity contribution < 1.29 is 89.0 Å². The van der Waals surface area contributed by atoms with Gasteiger partial charge in [-0.15, -0.1) is 0 Å². The molecule has 0 amide bonds. The van der Waals surface area contributed by atoms with Crippen LogP contribution in [0.1, 0.15) is 113 Å². The molecule has 8 rings (SSSR count). The Kier molecular flexibility index (Phi) is 14.1. The number of rotatable bonds is 10. The maximum atomic E-state index is 13.5. The van der Waals surface area contributed by atoms with Crippen LogP contribution in [0.25, 0.3) is 0 Å². The molecule has 66 heavy (non-hydrogen) atoms. The van der Waals surface area contributed by atoms with Crippen molar-refractivity contribution in [1.82, 2.24) is 0 Å². The van der Waals surface area contributed by atoms with E-state index < -0.39 is 135 Å². The Hall–Kier alpha value is -1.43. The van der Waals surface area contributed by atoms with E-state index in [1.807, 2.05) is 19.9 Å². The Morgan fingerprint density at radius 2 is 1.23 bits per heavy atom. The van der Waals surface area contributed by atoms with Gasteiger partial charge in [0, 0.05) is 12.3 Å². The second-order valence-corrected chi connectivity index (χ2v) is 22.9. The SMILES string of the molecule is CC(C)=CC1CC(O)(C2CCC3(C)C2CCC2C4(C)CCC(OC5OC(CO)C(O)C(OC6OC(CO)C(O)C(O)C6O)C5OC5OC(C)C(O)C(O)C5O)C(C)(C)C4CCC23C)C(=O)O1. The molecule has 4 aliphatic carbocycles. The van der Waals surface area contributed by atoms with Crippen LogP contribution in [-0.4, -0.2) is 180 Å². The molecule has 378 valence electrons. The first kappa shape index (κ1) is 50.9. The zero-order valence-corrected chi connectivity index (χ0v) is 39.7. The Morgan fingerprint density at radius 1 is 0.636 bits per heavy atom. The highest BCUT2D eigenvalue weighted by Gasteiger charge is 2.71. The van der Waals surface area contributed by atoms with Gasteiger partial charge in [0.05, 0.1) is 25.4 Å². The van der Waals surface area contributed by atoms with Gasteiger partial charge in [0.2, 0.25) is 0 Å². The number of aliphatic hydroxyl groups is 10. The molecule has 0 spiro atoms. The predicted molar refractivity (Wildman–Crippen MR) is 230 cm³/mol. The van der Waals surface area contributed by atoms with Gasteiger partial charge in [0.25, 0.3) is 0 Å². The molecule has 0 bridgehead atoms. The van der Waals surface area contributed by atoms with Crippen molar-refractivity contribution in [3.05, 3.63) is 11.6 Å². The van der Waals surface area contributed by atoms with Crippen molar-refractivity contribution in [3.8, 4) is 0 Å². The highest BCUT2D eigenvalue weighted by Crippen LogP contribution is 2.76. The Bertz CT molecular complexity index is 1780. The van der Waals surface area contributed by atoms with Crippen molar-refractivity contribution in [3.63, 3.8) is 0 Å². The van der Waals surface area contributed by atoms with E-state index in [0.717, 1.165) is 50.5 Å². The van der Waals surface area contributed by atoms with Gasteiger partial charge >= 0.3 is 5.97 Å². The summed E-state index contributed by atoms with van der Waals surface area (Å²) < 4.78 is 43.0. The molecule has 0 aromatic heterocycles. The maximum absolute atomic E-state index is 13.5. The number of esters is 1. The molecule has 4 aliphatic heterocycles. The summed E-state index contributed by atoms with van der Waals surface area (Å²) in [6.07, 6.45) is -15.7. The molecule has 25 unspecified atom stereocenters. The van der Waals surface area contributed by atoms with E-state index >= 15 is 0 Å². The average molecular weight is 943 g/mol. The molecular formula is C48H78O18.